The summed E-state index contributed by atoms with van der Waals surface area (Å²) in [6.45, 7) is 0. The van der Waals surface area contributed by atoms with Crippen LogP contribution in [0.25, 0.3) is 22.2 Å². The number of ether oxygens (including phenoxy) is 2. The predicted octanol–water partition coefficient (Wildman–Crippen LogP) is 1.42. The highest BCUT2D eigenvalue weighted by Gasteiger charge is 2.16. The third-order valence-electron chi connectivity index (χ3n) is 3.92. The van der Waals surface area contributed by atoms with Gasteiger partial charge in [0, 0.05) is 36.5 Å². The van der Waals surface area contributed by atoms with Gasteiger partial charge in [0.1, 0.15) is 17.1 Å². The number of pyridine rings is 1. The maximum Gasteiger partial charge on any atom is 0.259 e. The van der Waals surface area contributed by atoms with Crippen LogP contribution in [0.5, 0.6) is 11.5 Å². The fourth-order valence-corrected chi connectivity index (χ4v) is 3.08. The topological polar surface area (TPSA) is 100 Å². The number of sulfone groups is 1. The van der Waals surface area contributed by atoms with Gasteiger partial charge in [-0.3, -0.25) is 9.36 Å². The average Bonchev–Trinajstić information content (AvgIpc) is 2.63. The van der Waals surface area contributed by atoms with E-state index in [2.05, 4.69) is 9.97 Å². The molecule has 0 bridgehead atoms. The molecule has 0 atom stereocenters. The van der Waals surface area contributed by atoms with Gasteiger partial charge in [-0.1, -0.05) is 0 Å². The number of fused-ring (bicyclic) bond motifs is 1. The first kappa shape index (κ1) is 17.9. The van der Waals surface area contributed by atoms with Crippen LogP contribution < -0.4 is 15.0 Å². The van der Waals surface area contributed by atoms with Crippen molar-refractivity contribution < 1.29 is 17.9 Å². The van der Waals surface area contributed by atoms with Gasteiger partial charge in [-0.05, 0) is 23.8 Å². The summed E-state index contributed by atoms with van der Waals surface area (Å²) in [7, 11) is 1.01. The van der Waals surface area contributed by atoms with Crippen LogP contribution in [0.2, 0.25) is 0 Å². The first-order chi connectivity index (χ1) is 12.2. The van der Waals surface area contributed by atoms with E-state index < -0.39 is 9.84 Å². The number of aromatic nitrogens is 3. The molecule has 0 saturated carbocycles. The number of nitrogens with zero attached hydrogens (tertiary/aromatic N) is 3. The second kappa shape index (κ2) is 6.41. The molecule has 0 aliphatic rings. The summed E-state index contributed by atoms with van der Waals surface area (Å²) in [6.07, 6.45) is 2.40. The van der Waals surface area contributed by atoms with Crippen molar-refractivity contribution in [2.45, 2.75) is 5.16 Å². The molecular weight excluding hydrogens is 358 g/mol. The van der Waals surface area contributed by atoms with E-state index in [1.54, 1.807) is 24.3 Å². The quantitative estimate of drug-likeness (QED) is 0.636. The number of aryl methyl sites for hydroxylation is 1. The Labute approximate surface area is 150 Å². The van der Waals surface area contributed by atoms with E-state index in [0.29, 0.717) is 28.0 Å². The Kier molecular flexibility index (Phi) is 4.41. The van der Waals surface area contributed by atoms with E-state index in [4.69, 9.17) is 9.47 Å². The van der Waals surface area contributed by atoms with Gasteiger partial charge in [0.25, 0.3) is 5.56 Å². The SMILES string of the molecule is COc1cc(OC)cc(-c2cc3cnc(S(C)(=O)=O)nc3n(C)c2=O)c1. The molecule has 0 saturated heterocycles. The van der Waals surface area contributed by atoms with Crippen LogP contribution in [-0.4, -0.2) is 43.4 Å². The molecule has 3 aromatic rings. The highest BCUT2D eigenvalue weighted by Crippen LogP contribution is 2.29. The van der Waals surface area contributed by atoms with Crippen LogP contribution >= 0.6 is 0 Å². The summed E-state index contributed by atoms with van der Waals surface area (Å²) in [4.78, 5) is 20.7. The molecule has 0 amide bonds. The molecule has 0 aliphatic carbocycles. The van der Waals surface area contributed by atoms with Crippen molar-refractivity contribution in [2.24, 2.45) is 7.05 Å². The van der Waals surface area contributed by atoms with Crippen molar-refractivity contribution >= 4 is 20.9 Å². The zero-order valence-corrected chi connectivity index (χ0v) is 15.5. The van der Waals surface area contributed by atoms with Crippen LogP contribution in [0.4, 0.5) is 0 Å². The zero-order chi connectivity index (χ0) is 19.1. The van der Waals surface area contributed by atoms with E-state index in [1.807, 2.05) is 0 Å². The molecule has 3 rings (SSSR count). The van der Waals surface area contributed by atoms with E-state index in [9.17, 15) is 13.2 Å². The van der Waals surface area contributed by atoms with Gasteiger partial charge in [0.2, 0.25) is 15.0 Å². The lowest BCUT2D eigenvalue weighted by molar-refractivity contribution is 0.394. The standard InChI is InChI=1S/C17H17N3O5S/c1-20-15-11(9-18-17(19-15)26(4,22)23)7-14(16(20)21)10-5-12(24-2)8-13(6-10)25-3/h5-9H,1-4H3. The van der Waals surface area contributed by atoms with Crippen LogP contribution in [0.3, 0.4) is 0 Å². The molecule has 0 fully saturated rings. The number of hydrogen-bond acceptors (Lipinski definition) is 7. The Bertz CT molecular complexity index is 1150. The van der Waals surface area contributed by atoms with E-state index in [-0.39, 0.29) is 16.4 Å². The Morgan fingerprint density at radius 2 is 1.65 bits per heavy atom. The minimum Gasteiger partial charge on any atom is -0.497 e. The summed E-state index contributed by atoms with van der Waals surface area (Å²) in [5.74, 6) is 1.09. The number of methoxy groups -OCH3 is 2. The molecule has 26 heavy (non-hydrogen) atoms. The van der Waals surface area contributed by atoms with Crippen molar-refractivity contribution in [3.63, 3.8) is 0 Å². The predicted molar refractivity (Wildman–Crippen MR) is 96.4 cm³/mol. The minimum absolute atomic E-state index is 0.240. The Morgan fingerprint density at radius 3 is 2.19 bits per heavy atom. The lowest BCUT2D eigenvalue weighted by Crippen LogP contribution is -2.20. The number of rotatable bonds is 4. The molecule has 8 nitrogen and oxygen atoms in total. The molecule has 2 aromatic heterocycles. The fraction of sp³-hybridized carbons (Fsp3) is 0.235. The molecule has 1 aromatic carbocycles. The van der Waals surface area contributed by atoms with Crippen molar-refractivity contribution in [1.29, 1.82) is 0 Å². The Balaban J connectivity index is 2.30. The maximum absolute atomic E-state index is 12.8. The first-order valence-corrected chi connectivity index (χ1v) is 9.44. The van der Waals surface area contributed by atoms with E-state index in [0.717, 1.165) is 6.26 Å². The van der Waals surface area contributed by atoms with Gasteiger partial charge in [-0.2, -0.15) is 4.98 Å². The zero-order valence-electron chi connectivity index (χ0n) is 14.7. The summed E-state index contributed by atoms with van der Waals surface area (Å²) >= 11 is 0. The van der Waals surface area contributed by atoms with Crippen molar-refractivity contribution in [3.05, 3.63) is 40.8 Å². The molecule has 0 aliphatic heterocycles. The summed E-state index contributed by atoms with van der Waals surface area (Å²) in [6, 6.07) is 6.77. The van der Waals surface area contributed by atoms with Crippen LogP contribution in [0, 0.1) is 0 Å². The van der Waals surface area contributed by atoms with Crippen molar-refractivity contribution in [1.82, 2.24) is 14.5 Å². The van der Waals surface area contributed by atoms with Crippen LogP contribution in [-0.2, 0) is 16.9 Å². The number of benzene rings is 1. The van der Waals surface area contributed by atoms with Gasteiger partial charge in [0.15, 0.2) is 0 Å². The van der Waals surface area contributed by atoms with Crippen LogP contribution in [0.15, 0.2) is 40.4 Å². The number of hydrogen-bond donors (Lipinski definition) is 0. The minimum atomic E-state index is -3.57. The Morgan fingerprint density at radius 1 is 1.04 bits per heavy atom. The van der Waals surface area contributed by atoms with E-state index >= 15 is 0 Å². The highest BCUT2D eigenvalue weighted by molar-refractivity contribution is 7.90. The molecule has 0 N–H and O–H groups in total. The van der Waals surface area contributed by atoms with Gasteiger partial charge in [-0.25, -0.2) is 13.4 Å². The molecule has 0 radical (unpaired) electrons. The van der Waals surface area contributed by atoms with Crippen molar-refractivity contribution in [3.8, 4) is 22.6 Å². The lowest BCUT2D eigenvalue weighted by Gasteiger charge is -2.11. The Hall–Kier alpha value is -2.94. The molecule has 0 unspecified atom stereocenters. The second-order valence-electron chi connectivity index (χ2n) is 5.73. The van der Waals surface area contributed by atoms with Gasteiger partial charge in [-0.15, -0.1) is 0 Å². The second-order valence-corrected chi connectivity index (χ2v) is 7.64. The normalized spacial score (nSPS) is 11.5. The van der Waals surface area contributed by atoms with Gasteiger partial charge < -0.3 is 9.47 Å². The van der Waals surface area contributed by atoms with Gasteiger partial charge in [0.05, 0.1) is 14.2 Å². The largest absolute Gasteiger partial charge is 0.497 e. The molecule has 0 spiro atoms. The molecule has 136 valence electrons. The van der Waals surface area contributed by atoms with E-state index in [1.165, 1.54) is 32.0 Å². The third kappa shape index (κ3) is 3.13. The molecule has 9 heteroatoms. The monoisotopic (exact) mass is 375 g/mol. The average molecular weight is 375 g/mol. The maximum atomic E-state index is 12.8. The highest BCUT2D eigenvalue weighted by atomic mass is 32.2. The summed E-state index contributed by atoms with van der Waals surface area (Å²) in [5.41, 5.74) is 0.916. The third-order valence-corrected chi connectivity index (χ3v) is 4.78. The lowest BCUT2D eigenvalue weighted by atomic mass is 10.1. The fourth-order valence-electron chi connectivity index (χ4n) is 2.58. The molecule has 2 heterocycles. The first-order valence-electron chi connectivity index (χ1n) is 7.55. The molecular formula is C17H17N3O5S. The van der Waals surface area contributed by atoms with Gasteiger partial charge >= 0.3 is 0 Å². The summed E-state index contributed by atoms with van der Waals surface area (Å²) < 4.78 is 35.1. The van der Waals surface area contributed by atoms with Crippen LogP contribution in [0.1, 0.15) is 0 Å². The smallest absolute Gasteiger partial charge is 0.259 e. The van der Waals surface area contributed by atoms with Crippen molar-refractivity contribution in [2.75, 3.05) is 20.5 Å². The summed E-state index contributed by atoms with van der Waals surface area (Å²) in [5, 5.41) is 0.215.